The van der Waals surface area contributed by atoms with Crippen LogP contribution in [0.1, 0.15) is 35.7 Å². The van der Waals surface area contributed by atoms with E-state index in [-0.39, 0.29) is 5.91 Å². The molecule has 6 nitrogen and oxygen atoms in total. The second-order valence-corrected chi connectivity index (χ2v) is 6.11. The fraction of sp³-hybridized carbons (Fsp3) is 0.333. The number of nitrogens with one attached hydrogen (secondary N) is 1. The van der Waals surface area contributed by atoms with Crippen molar-refractivity contribution in [3.05, 3.63) is 47.8 Å². The van der Waals surface area contributed by atoms with Crippen LogP contribution in [-0.4, -0.2) is 33.9 Å². The number of anilines is 2. The number of nitriles is 1. The Kier molecular flexibility index (Phi) is 4.71. The van der Waals surface area contributed by atoms with Crippen molar-refractivity contribution in [2.75, 3.05) is 18.4 Å². The zero-order valence-electron chi connectivity index (χ0n) is 13.6. The second-order valence-electron chi connectivity index (χ2n) is 6.11. The fourth-order valence-electron chi connectivity index (χ4n) is 2.86. The van der Waals surface area contributed by atoms with Crippen molar-refractivity contribution in [3.8, 4) is 6.07 Å². The van der Waals surface area contributed by atoms with Gasteiger partial charge in [0.05, 0.1) is 17.2 Å². The third kappa shape index (κ3) is 3.69. The molecule has 1 N–H and O–H groups in total. The Morgan fingerprint density at radius 2 is 2.17 bits per heavy atom. The Morgan fingerprint density at radius 1 is 1.38 bits per heavy atom. The number of amides is 1. The van der Waals surface area contributed by atoms with Gasteiger partial charge < -0.3 is 10.2 Å². The molecule has 1 amide bonds. The molecule has 1 aromatic carbocycles. The average Bonchev–Trinajstić information content (AvgIpc) is 2.62. The van der Waals surface area contributed by atoms with Crippen molar-refractivity contribution < 1.29 is 4.79 Å². The highest BCUT2D eigenvalue weighted by Crippen LogP contribution is 2.18. The molecule has 1 atom stereocenters. The number of likely N-dealkylation sites (tertiary alicyclic amines) is 1. The fourth-order valence-corrected chi connectivity index (χ4v) is 2.86. The minimum absolute atomic E-state index is 0.0143. The number of rotatable bonds is 3. The number of carbonyl (C=O) groups is 1. The molecule has 0 saturated carbocycles. The van der Waals surface area contributed by atoms with Gasteiger partial charge in [-0.05, 0) is 37.0 Å². The summed E-state index contributed by atoms with van der Waals surface area (Å²) in [5.74, 6) is 0.921. The summed E-state index contributed by atoms with van der Waals surface area (Å²) in [6, 6.07) is 9.16. The summed E-state index contributed by atoms with van der Waals surface area (Å²) in [5.41, 5.74) is 1.80. The van der Waals surface area contributed by atoms with Crippen LogP contribution in [0.5, 0.6) is 0 Å². The molecule has 122 valence electrons. The van der Waals surface area contributed by atoms with E-state index < -0.39 is 0 Å². The number of hydrogen-bond acceptors (Lipinski definition) is 5. The van der Waals surface area contributed by atoms with Crippen molar-refractivity contribution >= 4 is 17.5 Å². The summed E-state index contributed by atoms with van der Waals surface area (Å²) in [5, 5.41) is 12.0. The standard InChI is InChI=1S/C18H19N5O/c1-13-4-3-7-23(12-13)17(24)15-10-20-18(21-11-15)22-16-6-2-5-14(8-16)9-19/h2,5-6,8,10-11,13H,3-4,7,12H2,1H3,(H,20,21,22). The average molecular weight is 321 g/mol. The first kappa shape index (κ1) is 15.9. The van der Waals surface area contributed by atoms with Gasteiger partial charge in [-0.1, -0.05) is 13.0 Å². The molecule has 0 bridgehead atoms. The maximum absolute atomic E-state index is 12.5. The maximum atomic E-state index is 12.5. The molecule has 0 radical (unpaired) electrons. The molecule has 1 aromatic heterocycles. The molecule has 1 fully saturated rings. The van der Waals surface area contributed by atoms with Gasteiger partial charge in [0.1, 0.15) is 0 Å². The van der Waals surface area contributed by atoms with E-state index >= 15 is 0 Å². The van der Waals surface area contributed by atoms with Gasteiger partial charge in [-0.15, -0.1) is 0 Å². The second kappa shape index (κ2) is 7.09. The van der Waals surface area contributed by atoms with Gasteiger partial charge in [0.15, 0.2) is 0 Å². The van der Waals surface area contributed by atoms with E-state index in [2.05, 4.69) is 28.3 Å². The van der Waals surface area contributed by atoms with Crippen molar-refractivity contribution in [1.82, 2.24) is 14.9 Å². The lowest BCUT2D eigenvalue weighted by Gasteiger charge is -2.30. The lowest BCUT2D eigenvalue weighted by atomic mass is 10.00. The molecule has 0 aliphatic carbocycles. The van der Waals surface area contributed by atoms with E-state index in [1.807, 2.05) is 11.0 Å². The molecule has 3 rings (SSSR count). The highest BCUT2D eigenvalue weighted by Gasteiger charge is 2.22. The van der Waals surface area contributed by atoms with E-state index in [9.17, 15) is 4.79 Å². The first-order chi connectivity index (χ1) is 11.7. The molecular formula is C18H19N5O. The molecule has 1 unspecified atom stereocenters. The highest BCUT2D eigenvalue weighted by molar-refractivity contribution is 5.93. The minimum atomic E-state index is -0.0143. The number of nitrogens with zero attached hydrogens (tertiary/aromatic N) is 4. The molecule has 2 heterocycles. The third-order valence-corrected chi connectivity index (χ3v) is 4.09. The van der Waals surface area contributed by atoms with Crippen LogP contribution < -0.4 is 5.32 Å². The van der Waals surface area contributed by atoms with Crippen LogP contribution in [0.2, 0.25) is 0 Å². The Labute approximate surface area is 141 Å². The Hall–Kier alpha value is -2.94. The number of aromatic nitrogens is 2. The Balaban J connectivity index is 1.68. The summed E-state index contributed by atoms with van der Waals surface area (Å²) in [7, 11) is 0. The predicted octanol–water partition coefficient (Wildman–Crippen LogP) is 2.96. The van der Waals surface area contributed by atoms with Crippen molar-refractivity contribution in [2.24, 2.45) is 5.92 Å². The third-order valence-electron chi connectivity index (χ3n) is 4.09. The van der Waals surface area contributed by atoms with Crippen LogP contribution in [0.15, 0.2) is 36.7 Å². The van der Waals surface area contributed by atoms with Crippen molar-refractivity contribution in [2.45, 2.75) is 19.8 Å². The summed E-state index contributed by atoms with van der Waals surface area (Å²) in [6.07, 6.45) is 5.31. The number of piperidine rings is 1. The molecule has 0 spiro atoms. The van der Waals surface area contributed by atoms with Crippen LogP contribution in [0.3, 0.4) is 0 Å². The van der Waals surface area contributed by atoms with E-state index in [0.29, 0.717) is 23.0 Å². The SMILES string of the molecule is CC1CCCN(C(=O)c2cnc(Nc3cccc(C#N)c3)nc2)C1. The Morgan fingerprint density at radius 3 is 2.88 bits per heavy atom. The quantitative estimate of drug-likeness (QED) is 0.940. The van der Waals surface area contributed by atoms with Gasteiger partial charge in [0.2, 0.25) is 5.95 Å². The summed E-state index contributed by atoms with van der Waals surface area (Å²) < 4.78 is 0. The van der Waals surface area contributed by atoms with Gasteiger partial charge in [-0.25, -0.2) is 9.97 Å². The van der Waals surface area contributed by atoms with E-state index in [4.69, 9.17) is 5.26 Å². The zero-order chi connectivity index (χ0) is 16.9. The molecular weight excluding hydrogens is 302 g/mol. The first-order valence-corrected chi connectivity index (χ1v) is 8.04. The number of benzene rings is 1. The topological polar surface area (TPSA) is 81.9 Å². The molecule has 2 aromatic rings. The van der Waals surface area contributed by atoms with Crippen LogP contribution in [0.25, 0.3) is 0 Å². The van der Waals surface area contributed by atoms with Gasteiger partial charge in [-0.3, -0.25) is 4.79 Å². The van der Waals surface area contributed by atoms with E-state index in [1.54, 1.807) is 30.6 Å². The molecule has 1 aliphatic heterocycles. The maximum Gasteiger partial charge on any atom is 0.257 e. The minimum Gasteiger partial charge on any atom is -0.338 e. The van der Waals surface area contributed by atoms with Gasteiger partial charge in [0, 0.05) is 31.2 Å². The van der Waals surface area contributed by atoms with E-state index in [1.165, 1.54) is 6.42 Å². The van der Waals surface area contributed by atoms with Crippen LogP contribution >= 0.6 is 0 Å². The number of hydrogen-bond donors (Lipinski definition) is 1. The smallest absolute Gasteiger partial charge is 0.257 e. The summed E-state index contributed by atoms with van der Waals surface area (Å²) in [6.45, 7) is 3.75. The molecule has 6 heteroatoms. The monoisotopic (exact) mass is 321 g/mol. The first-order valence-electron chi connectivity index (χ1n) is 8.04. The summed E-state index contributed by atoms with van der Waals surface area (Å²) in [4.78, 5) is 22.8. The van der Waals surface area contributed by atoms with Gasteiger partial charge in [0.25, 0.3) is 5.91 Å². The largest absolute Gasteiger partial charge is 0.338 e. The molecule has 24 heavy (non-hydrogen) atoms. The van der Waals surface area contributed by atoms with Crippen LogP contribution in [0, 0.1) is 17.2 Å². The van der Waals surface area contributed by atoms with Crippen molar-refractivity contribution in [3.63, 3.8) is 0 Å². The lowest BCUT2D eigenvalue weighted by molar-refractivity contribution is 0.0682. The summed E-state index contributed by atoms with van der Waals surface area (Å²) >= 11 is 0. The Bertz CT molecular complexity index is 766. The highest BCUT2D eigenvalue weighted by atomic mass is 16.2. The van der Waals surface area contributed by atoms with Crippen molar-refractivity contribution in [1.29, 1.82) is 5.26 Å². The van der Waals surface area contributed by atoms with Gasteiger partial charge in [-0.2, -0.15) is 5.26 Å². The predicted molar refractivity (Wildman–Crippen MR) is 90.8 cm³/mol. The molecule has 1 saturated heterocycles. The van der Waals surface area contributed by atoms with Crippen LogP contribution in [0.4, 0.5) is 11.6 Å². The lowest BCUT2D eigenvalue weighted by Crippen LogP contribution is -2.39. The molecule has 1 aliphatic rings. The number of carbonyl (C=O) groups excluding carboxylic acids is 1. The normalized spacial score (nSPS) is 17.2. The zero-order valence-corrected chi connectivity index (χ0v) is 13.6. The van der Waals surface area contributed by atoms with Crippen LogP contribution in [-0.2, 0) is 0 Å². The van der Waals surface area contributed by atoms with E-state index in [0.717, 1.165) is 25.2 Å². The van der Waals surface area contributed by atoms with Gasteiger partial charge >= 0.3 is 0 Å².